The zero-order chi connectivity index (χ0) is 15.7. The Labute approximate surface area is 134 Å². The normalized spacial score (nSPS) is 19.9. The molecule has 0 spiro atoms. The number of benzene rings is 2. The van der Waals surface area contributed by atoms with Crippen LogP contribution in [-0.2, 0) is 11.2 Å². The number of rotatable bonds is 5. The SMILES string of the molecule is O=C(O)C1CC1CCc1ccc(-c2cc(Cl)ccc2O)cc1. The highest BCUT2D eigenvalue weighted by atomic mass is 35.5. The van der Waals surface area contributed by atoms with Crippen molar-refractivity contribution in [2.45, 2.75) is 19.3 Å². The van der Waals surface area contributed by atoms with E-state index in [0.29, 0.717) is 16.5 Å². The monoisotopic (exact) mass is 316 g/mol. The second kappa shape index (κ2) is 6.01. The molecule has 2 aromatic rings. The minimum atomic E-state index is -0.670. The molecular weight excluding hydrogens is 300 g/mol. The van der Waals surface area contributed by atoms with Gasteiger partial charge in [0.1, 0.15) is 5.75 Å². The Kier molecular flexibility index (Phi) is 4.08. The highest BCUT2D eigenvalue weighted by Gasteiger charge is 2.42. The first-order valence-electron chi connectivity index (χ1n) is 7.35. The molecule has 4 heteroatoms. The van der Waals surface area contributed by atoms with Crippen LogP contribution in [0.5, 0.6) is 5.75 Å². The van der Waals surface area contributed by atoms with Gasteiger partial charge in [0.15, 0.2) is 0 Å². The third-order valence-corrected chi connectivity index (χ3v) is 4.50. The Morgan fingerprint density at radius 2 is 1.91 bits per heavy atom. The van der Waals surface area contributed by atoms with E-state index in [0.717, 1.165) is 24.8 Å². The van der Waals surface area contributed by atoms with Crippen molar-refractivity contribution in [1.29, 1.82) is 0 Å². The van der Waals surface area contributed by atoms with Crippen LogP contribution in [0.4, 0.5) is 0 Å². The fourth-order valence-corrected chi connectivity index (χ4v) is 2.98. The first kappa shape index (κ1) is 14.9. The van der Waals surface area contributed by atoms with E-state index in [-0.39, 0.29) is 11.7 Å². The molecule has 0 aliphatic heterocycles. The van der Waals surface area contributed by atoms with Crippen LogP contribution in [0.3, 0.4) is 0 Å². The van der Waals surface area contributed by atoms with Crippen LogP contribution in [0.2, 0.25) is 5.02 Å². The molecule has 1 saturated carbocycles. The molecule has 0 bridgehead atoms. The van der Waals surface area contributed by atoms with Crippen LogP contribution in [0.25, 0.3) is 11.1 Å². The Balaban J connectivity index is 1.65. The summed E-state index contributed by atoms with van der Waals surface area (Å²) in [5.74, 6) is -0.270. The van der Waals surface area contributed by atoms with Crippen LogP contribution in [-0.4, -0.2) is 16.2 Å². The van der Waals surface area contributed by atoms with E-state index in [1.165, 1.54) is 5.56 Å². The van der Waals surface area contributed by atoms with Gasteiger partial charge in [0.25, 0.3) is 0 Å². The van der Waals surface area contributed by atoms with Gasteiger partial charge in [-0.3, -0.25) is 4.79 Å². The van der Waals surface area contributed by atoms with Crippen LogP contribution in [0.1, 0.15) is 18.4 Å². The molecule has 2 aromatic carbocycles. The minimum Gasteiger partial charge on any atom is -0.507 e. The van der Waals surface area contributed by atoms with E-state index in [1.54, 1.807) is 18.2 Å². The number of carboxylic acid groups (broad SMARTS) is 1. The summed E-state index contributed by atoms with van der Waals surface area (Å²) < 4.78 is 0. The average Bonchev–Trinajstić information content (AvgIpc) is 3.28. The van der Waals surface area contributed by atoms with Crippen LogP contribution in [0.15, 0.2) is 42.5 Å². The lowest BCUT2D eigenvalue weighted by Gasteiger charge is -2.07. The molecule has 0 heterocycles. The predicted octanol–water partition coefficient (Wildman–Crippen LogP) is 4.37. The molecule has 0 amide bonds. The highest BCUT2D eigenvalue weighted by Crippen LogP contribution is 2.42. The van der Waals surface area contributed by atoms with Crippen LogP contribution < -0.4 is 0 Å². The van der Waals surface area contributed by atoms with Crippen LogP contribution >= 0.6 is 11.6 Å². The predicted molar refractivity (Wildman–Crippen MR) is 86.1 cm³/mol. The van der Waals surface area contributed by atoms with Crippen molar-refractivity contribution in [3.8, 4) is 16.9 Å². The van der Waals surface area contributed by atoms with Crippen molar-refractivity contribution in [3.05, 3.63) is 53.1 Å². The van der Waals surface area contributed by atoms with Crippen molar-refractivity contribution < 1.29 is 15.0 Å². The fraction of sp³-hybridized carbons (Fsp3) is 0.278. The maximum atomic E-state index is 10.8. The molecule has 1 aliphatic carbocycles. The van der Waals surface area contributed by atoms with E-state index in [4.69, 9.17) is 16.7 Å². The first-order chi connectivity index (χ1) is 10.5. The van der Waals surface area contributed by atoms with Crippen molar-refractivity contribution in [2.24, 2.45) is 11.8 Å². The summed E-state index contributed by atoms with van der Waals surface area (Å²) in [6.45, 7) is 0. The quantitative estimate of drug-likeness (QED) is 0.861. The molecule has 3 rings (SSSR count). The molecule has 22 heavy (non-hydrogen) atoms. The van der Waals surface area contributed by atoms with Gasteiger partial charge in [-0.25, -0.2) is 0 Å². The Hall–Kier alpha value is -2.00. The summed E-state index contributed by atoms with van der Waals surface area (Å²) in [5, 5.41) is 19.4. The highest BCUT2D eigenvalue weighted by molar-refractivity contribution is 6.31. The van der Waals surface area contributed by atoms with Gasteiger partial charge in [0.05, 0.1) is 5.92 Å². The number of carbonyl (C=O) groups is 1. The molecule has 2 atom stereocenters. The Morgan fingerprint density at radius 1 is 1.18 bits per heavy atom. The van der Waals surface area contributed by atoms with Crippen molar-refractivity contribution in [2.75, 3.05) is 0 Å². The third kappa shape index (κ3) is 3.25. The molecule has 0 radical (unpaired) electrons. The maximum absolute atomic E-state index is 10.8. The number of phenols is 1. The molecule has 2 unspecified atom stereocenters. The van der Waals surface area contributed by atoms with Crippen LogP contribution in [0, 0.1) is 11.8 Å². The Bertz CT molecular complexity index is 694. The first-order valence-corrected chi connectivity index (χ1v) is 7.73. The van der Waals surface area contributed by atoms with Gasteiger partial charge in [-0.2, -0.15) is 0 Å². The smallest absolute Gasteiger partial charge is 0.306 e. The molecule has 1 fully saturated rings. The lowest BCUT2D eigenvalue weighted by molar-refractivity contribution is -0.138. The van der Waals surface area contributed by atoms with Gasteiger partial charge in [-0.1, -0.05) is 35.9 Å². The zero-order valence-corrected chi connectivity index (χ0v) is 12.8. The Morgan fingerprint density at radius 3 is 2.55 bits per heavy atom. The number of aliphatic carboxylic acids is 1. The summed E-state index contributed by atoms with van der Waals surface area (Å²) in [5.41, 5.74) is 2.81. The summed E-state index contributed by atoms with van der Waals surface area (Å²) in [4.78, 5) is 10.8. The van der Waals surface area contributed by atoms with Gasteiger partial charge in [0.2, 0.25) is 0 Å². The lowest BCUT2D eigenvalue weighted by Crippen LogP contribution is -2.00. The summed E-state index contributed by atoms with van der Waals surface area (Å²) in [6.07, 6.45) is 2.61. The minimum absolute atomic E-state index is 0.136. The van der Waals surface area contributed by atoms with Gasteiger partial charge in [0, 0.05) is 10.6 Å². The van der Waals surface area contributed by atoms with Gasteiger partial charge >= 0.3 is 5.97 Å². The standard InChI is InChI=1S/C18H17ClO3/c19-14-7-8-17(20)15(10-14)12-4-1-11(2-5-12)3-6-13-9-16(13)18(21)22/h1-2,4-5,7-8,10,13,16,20H,3,6,9H2,(H,21,22). The number of carboxylic acids is 1. The number of hydrogen-bond donors (Lipinski definition) is 2. The zero-order valence-electron chi connectivity index (χ0n) is 12.0. The largest absolute Gasteiger partial charge is 0.507 e. The fourth-order valence-electron chi connectivity index (χ4n) is 2.81. The van der Waals surface area contributed by atoms with Crippen molar-refractivity contribution >= 4 is 17.6 Å². The molecule has 114 valence electrons. The molecular formula is C18H17ClO3. The van der Waals surface area contributed by atoms with Crippen molar-refractivity contribution in [3.63, 3.8) is 0 Å². The van der Waals surface area contributed by atoms with Crippen molar-refractivity contribution in [1.82, 2.24) is 0 Å². The number of halogens is 1. The molecule has 1 aliphatic rings. The van der Waals surface area contributed by atoms with E-state index in [1.807, 2.05) is 24.3 Å². The second-order valence-corrected chi connectivity index (χ2v) is 6.27. The van der Waals surface area contributed by atoms with E-state index < -0.39 is 5.97 Å². The molecule has 3 nitrogen and oxygen atoms in total. The summed E-state index contributed by atoms with van der Waals surface area (Å²) in [7, 11) is 0. The number of hydrogen-bond acceptors (Lipinski definition) is 2. The average molecular weight is 317 g/mol. The summed E-state index contributed by atoms with van der Waals surface area (Å²) >= 11 is 5.97. The molecule has 2 N–H and O–H groups in total. The number of phenolic OH excluding ortho intramolecular Hbond substituents is 1. The number of aryl methyl sites for hydroxylation is 1. The second-order valence-electron chi connectivity index (χ2n) is 5.84. The van der Waals surface area contributed by atoms with E-state index >= 15 is 0 Å². The lowest BCUT2D eigenvalue weighted by atomic mass is 10.0. The molecule has 0 aromatic heterocycles. The summed E-state index contributed by atoms with van der Waals surface area (Å²) in [6, 6.07) is 13.0. The molecule has 0 saturated heterocycles. The number of aromatic hydroxyl groups is 1. The maximum Gasteiger partial charge on any atom is 0.306 e. The van der Waals surface area contributed by atoms with Gasteiger partial charge in [-0.05, 0) is 54.5 Å². The topological polar surface area (TPSA) is 57.5 Å². The van der Waals surface area contributed by atoms with Gasteiger partial charge in [-0.15, -0.1) is 0 Å². The van der Waals surface area contributed by atoms with E-state index in [2.05, 4.69) is 0 Å². The third-order valence-electron chi connectivity index (χ3n) is 4.27. The van der Waals surface area contributed by atoms with Gasteiger partial charge < -0.3 is 10.2 Å². The van der Waals surface area contributed by atoms with E-state index in [9.17, 15) is 9.90 Å².